The molecule has 2 aromatic rings. The summed E-state index contributed by atoms with van der Waals surface area (Å²) < 4.78 is 0. The predicted octanol–water partition coefficient (Wildman–Crippen LogP) is 4.11. The van der Waals surface area contributed by atoms with Gasteiger partial charge in [0.2, 0.25) is 5.91 Å². The second kappa shape index (κ2) is 8.32. The highest BCUT2D eigenvalue weighted by atomic mass is 35.5. The Morgan fingerprint density at radius 1 is 1.08 bits per heavy atom. The van der Waals surface area contributed by atoms with Gasteiger partial charge in [0, 0.05) is 12.6 Å². The van der Waals surface area contributed by atoms with Crippen molar-refractivity contribution in [1.82, 2.24) is 4.90 Å². The number of hydrogen-bond donors (Lipinski definition) is 1. The predicted molar refractivity (Wildman–Crippen MR) is 99.9 cm³/mol. The first-order chi connectivity index (χ1) is 11.2. The Labute approximate surface area is 150 Å². The lowest BCUT2D eigenvalue weighted by molar-refractivity contribution is -0.136. The average molecular weight is 345 g/mol. The Bertz CT molecular complexity index is 647. The lowest BCUT2D eigenvalue weighted by Gasteiger charge is -2.30. The van der Waals surface area contributed by atoms with Gasteiger partial charge in [-0.25, -0.2) is 0 Å². The van der Waals surface area contributed by atoms with E-state index in [9.17, 15) is 4.79 Å². The van der Waals surface area contributed by atoms with Gasteiger partial charge in [-0.3, -0.25) is 4.79 Å². The van der Waals surface area contributed by atoms with Crippen LogP contribution in [0.3, 0.4) is 0 Å². The fourth-order valence-electron chi connectivity index (χ4n) is 3.43. The Balaban J connectivity index is 0.00000208. The largest absolute Gasteiger partial charge is 0.335 e. The van der Waals surface area contributed by atoms with Crippen LogP contribution in [-0.4, -0.2) is 17.4 Å². The molecule has 1 amide bonds. The van der Waals surface area contributed by atoms with Gasteiger partial charge >= 0.3 is 0 Å². The van der Waals surface area contributed by atoms with E-state index in [0.29, 0.717) is 0 Å². The van der Waals surface area contributed by atoms with E-state index in [4.69, 9.17) is 5.73 Å². The first-order valence-corrected chi connectivity index (χ1v) is 8.34. The summed E-state index contributed by atoms with van der Waals surface area (Å²) in [5, 5.41) is 0. The monoisotopic (exact) mass is 344 g/mol. The minimum absolute atomic E-state index is 0. The third kappa shape index (κ3) is 3.80. The average Bonchev–Trinajstić information content (AvgIpc) is 3.11. The van der Waals surface area contributed by atoms with Gasteiger partial charge in [-0.05, 0) is 24.0 Å². The molecule has 0 radical (unpaired) electrons. The van der Waals surface area contributed by atoms with Crippen molar-refractivity contribution in [2.45, 2.75) is 31.8 Å². The molecule has 1 aliphatic rings. The first-order valence-electron chi connectivity index (χ1n) is 8.34. The topological polar surface area (TPSA) is 46.3 Å². The molecule has 3 atom stereocenters. The van der Waals surface area contributed by atoms with E-state index in [1.807, 2.05) is 60.4 Å². The summed E-state index contributed by atoms with van der Waals surface area (Å²) in [6, 6.07) is 20.1. The fourth-order valence-corrected chi connectivity index (χ4v) is 3.43. The van der Waals surface area contributed by atoms with Crippen molar-refractivity contribution in [3.8, 4) is 0 Å². The summed E-state index contributed by atoms with van der Waals surface area (Å²) in [6.45, 7) is 2.77. The maximum atomic E-state index is 13.0. The van der Waals surface area contributed by atoms with Gasteiger partial charge < -0.3 is 10.6 Å². The van der Waals surface area contributed by atoms with Crippen LogP contribution in [-0.2, 0) is 4.79 Å². The summed E-state index contributed by atoms with van der Waals surface area (Å²) in [4.78, 5) is 15.0. The molecule has 128 valence electrons. The molecule has 2 aromatic carbocycles. The van der Waals surface area contributed by atoms with E-state index in [2.05, 4.69) is 12.1 Å². The summed E-state index contributed by atoms with van der Waals surface area (Å²) in [5.41, 5.74) is 8.58. The minimum atomic E-state index is -0.263. The van der Waals surface area contributed by atoms with Crippen molar-refractivity contribution < 1.29 is 4.79 Å². The van der Waals surface area contributed by atoms with Gasteiger partial charge in [0.15, 0.2) is 0 Å². The zero-order valence-electron chi connectivity index (χ0n) is 14.0. The van der Waals surface area contributed by atoms with Crippen molar-refractivity contribution in [1.29, 1.82) is 0 Å². The van der Waals surface area contributed by atoms with Crippen LogP contribution in [0.25, 0.3) is 0 Å². The molecule has 2 N–H and O–H groups in total. The smallest absolute Gasteiger partial charge is 0.227 e. The molecule has 0 spiro atoms. The third-order valence-electron chi connectivity index (χ3n) is 4.83. The number of nitrogens with two attached hydrogens (primary N) is 1. The summed E-state index contributed by atoms with van der Waals surface area (Å²) >= 11 is 0. The number of nitrogens with zero attached hydrogens (tertiary/aromatic N) is 1. The van der Waals surface area contributed by atoms with Gasteiger partial charge in [-0.15, -0.1) is 12.4 Å². The van der Waals surface area contributed by atoms with Crippen LogP contribution in [0.5, 0.6) is 0 Å². The van der Waals surface area contributed by atoms with E-state index in [-0.39, 0.29) is 36.3 Å². The molecule has 4 heteroatoms. The zero-order valence-corrected chi connectivity index (χ0v) is 14.8. The highest BCUT2D eigenvalue weighted by Crippen LogP contribution is 2.34. The number of benzene rings is 2. The highest BCUT2D eigenvalue weighted by molar-refractivity contribution is 5.85. The molecule has 1 heterocycles. The normalized spacial score (nSPS) is 19.4. The molecule has 3 rings (SSSR count). The lowest BCUT2D eigenvalue weighted by Crippen LogP contribution is -2.39. The molecule has 3 nitrogen and oxygen atoms in total. The molecule has 1 fully saturated rings. The van der Waals surface area contributed by atoms with E-state index in [0.717, 1.165) is 24.9 Å². The van der Waals surface area contributed by atoms with Crippen LogP contribution in [0.2, 0.25) is 0 Å². The lowest BCUT2D eigenvalue weighted by atomic mass is 9.93. The van der Waals surface area contributed by atoms with Crippen molar-refractivity contribution in [3.63, 3.8) is 0 Å². The van der Waals surface area contributed by atoms with Gasteiger partial charge in [-0.1, -0.05) is 67.6 Å². The first kappa shape index (κ1) is 18.5. The Kier molecular flexibility index (Phi) is 6.41. The molecule has 1 aliphatic heterocycles. The van der Waals surface area contributed by atoms with E-state index >= 15 is 0 Å². The summed E-state index contributed by atoms with van der Waals surface area (Å²) in [7, 11) is 0. The van der Waals surface area contributed by atoms with Crippen LogP contribution in [0.15, 0.2) is 60.7 Å². The highest BCUT2D eigenvalue weighted by Gasteiger charge is 2.34. The Morgan fingerprint density at radius 3 is 2.29 bits per heavy atom. The van der Waals surface area contributed by atoms with Crippen LogP contribution in [0.4, 0.5) is 0 Å². The number of likely N-dealkylation sites (tertiary alicyclic amines) is 1. The fraction of sp³-hybridized carbons (Fsp3) is 0.350. The second-order valence-electron chi connectivity index (χ2n) is 6.33. The quantitative estimate of drug-likeness (QED) is 0.907. The summed E-state index contributed by atoms with van der Waals surface area (Å²) in [5.74, 6) is -0.0607. The number of rotatable bonds is 4. The summed E-state index contributed by atoms with van der Waals surface area (Å²) in [6.07, 6.45) is 2.08. The molecular formula is C20H25ClN2O. The van der Waals surface area contributed by atoms with Gasteiger partial charge in [0.1, 0.15) is 0 Å². The van der Waals surface area contributed by atoms with Crippen molar-refractivity contribution in [2.24, 2.45) is 11.7 Å². The Hall–Kier alpha value is -1.84. The van der Waals surface area contributed by atoms with Gasteiger partial charge in [0.25, 0.3) is 0 Å². The third-order valence-corrected chi connectivity index (χ3v) is 4.83. The van der Waals surface area contributed by atoms with Crippen LogP contribution in [0, 0.1) is 5.92 Å². The molecule has 0 bridgehead atoms. The molecule has 1 saturated heterocycles. The standard InChI is InChI=1S/C20H24N2O.ClH/c1-15(19(21)17-11-6-3-7-12-17)20(23)22-14-8-13-18(22)16-9-4-2-5-10-16;/h2-7,9-12,15,18-19H,8,13-14,21H2,1H3;1H. The number of hydrogen-bond acceptors (Lipinski definition) is 2. The van der Waals surface area contributed by atoms with E-state index in [1.54, 1.807) is 0 Å². The number of carbonyl (C=O) groups is 1. The van der Waals surface area contributed by atoms with Crippen LogP contribution >= 0.6 is 12.4 Å². The maximum Gasteiger partial charge on any atom is 0.227 e. The van der Waals surface area contributed by atoms with Crippen LogP contribution in [0.1, 0.15) is 43.0 Å². The van der Waals surface area contributed by atoms with Crippen molar-refractivity contribution in [3.05, 3.63) is 71.8 Å². The van der Waals surface area contributed by atoms with E-state index < -0.39 is 0 Å². The second-order valence-corrected chi connectivity index (χ2v) is 6.33. The molecule has 24 heavy (non-hydrogen) atoms. The number of amides is 1. The van der Waals surface area contributed by atoms with Crippen molar-refractivity contribution in [2.75, 3.05) is 6.54 Å². The van der Waals surface area contributed by atoms with E-state index in [1.165, 1.54) is 5.56 Å². The molecule has 0 aromatic heterocycles. The number of halogens is 1. The van der Waals surface area contributed by atoms with Crippen molar-refractivity contribution >= 4 is 18.3 Å². The molecule has 0 saturated carbocycles. The van der Waals surface area contributed by atoms with Crippen LogP contribution < -0.4 is 5.73 Å². The molecular weight excluding hydrogens is 320 g/mol. The Morgan fingerprint density at radius 2 is 1.67 bits per heavy atom. The van der Waals surface area contributed by atoms with Gasteiger partial charge in [-0.2, -0.15) is 0 Å². The molecule has 3 unspecified atom stereocenters. The SMILES string of the molecule is CC(C(=O)N1CCCC1c1ccccc1)C(N)c1ccccc1.Cl. The maximum absolute atomic E-state index is 13.0. The zero-order chi connectivity index (χ0) is 16.2. The molecule has 0 aliphatic carbocycles. The van der Waals surface area contributed by atoms with Gasteiger partial charge in [0.05, 0.1) is 12.0 Å². The number of carbonyl (C=O) groups excluding carboxylic acids is 1. The minimum Gasteiger partial charge on any atom is -0.335 e.